The first-order chi connectivity index (χ1) is 7.18. The molecular formula is C15H23F. The van der Waals surface area contributed by atoms with Crippen LogP contribution in [0.3, 0.4) is 0 Å². The molecule has 1 rings (SSSR count). The standard InChI is InChI=1S/C15H23F/c1-7-15(5,6)12-9-8-11(10-13(12)16)14(2,3)4/h8-10H,7H2,1-6H3. The fraction of sp³-hybridized carbons (Fsp3) is 0.600. The van der Waals surface area contributed by atoms with Crippen molar-refractivity contribution in [3.05, 3.63) is 35.1 Å². The Morgan fingerprint density at radius 3 is 2.00 bits per heavy atom. The molecule has 0 bridgehead atoms. The van der Waals surface area contributed by atoms with E-state index in [0.717, 1.165) is 17.5 Å². The first-order valence-corrected chi connectivity index (χ1v) is 5.99. The van der Waals surface area contributed by atoms with Gasteiger partial charge in [-0.25, -0.2) is 4.39 Å². The second kappa shape index (κ2) is 4.20. The highest BCUT2D eigenvalue weighted by atomic mass is 19.1. The highest BCUT2D eigenvalue weighted by Crippen LogP contribution is 2.31. The Labute approximate surface area is 98.9 Å². The van der Waals surface area contributed by atoms with Gasteiger partial charge < -0.3 is 0 Å². The molecule has 0 saturated carbocycles. The Morgan fingerprint density at radius 1 is 1.06 bits per heavy atom. The van der Waals surface area contributed by atoms with E-state index in [1.165, 1.54) is 0 Å². The van der Waals surface area contributed by atoms with Crippen molar-refractivity contribution >= 4 is 0 Å². The van der Waals surface area contributed by atoms with Crippen LogP contribution in [0.2, 0.25) is 0 Å². The Hall–Kier alpha value is -0.850. The molecule has 16 heavy (non-hydrogen) atoms. The maximum atomic E-state index is 14.1. The van der Waals surface area contributed by atoms with Crippen LogP contribution in [0.25, 0.3) is 0 Å². The maximum absolute atomic E-state index is 14.1. The topological polar surface area (TPSA) is 0 Å². The first-order valence-electron chi connectivity index (χ1n) is 5.99. The third-order valence-corrected chi connectivity index (χ3v) is 3.45. The van der Waals surface area contributed by atoms with Crippen LogP contribution in [0.4, 0.5) is 4.39 Å². The first kappa shape index (κ1) is 13.2. The molecule has 0 amide bonds. The molecule has 0 nitrogen and oxygen atoms in total. The molecule has 90 valence electrons. The van der Waals surface area contributed by atoms with E-state index in [1.807, 2.05) is 6.07 Å². The fourth-order valence-electron chi connectivity index (χ4n) is 1.72. The number of benzene rings is 1. The van der Waals surface area contributed by atoms with Gasteiger partial charge >= 0.3 is 0 Å². The molecule has 0 aliphatic rings. The molecular weight excluding hydrogens is 199 g/mol. The van der Waals surface area contributed by atoms with Crippen LogP contribution in [0.5, 0.6) is 0 Å². The van der Waals surface area contributed by atoms with Gasteiger partial charge in [-0.3, -0.25) is 0 Å². The summed E-state index contributed by atoms with van der Waals surface area (Å²) >= 11 is 0. The van der Waals surface area contributed by atoms with Crippen molar-refractivity contribution in [2.45, 2.75) is 58.8 Å². The summed E-state index contributed by atoms with van der Waals surface area (Å²) in [6.45, 7) is 12.6. The van der Waals surface area contributed by atoms with E-state index in [9.17, 15) is 4.39 Å². The zero-order chi connectivity index (χ0) is 12.6. The molecule has 0 radical (unpaired) electrons. The molecule has 1 heteroatoms. The summed E-state index contributed by atoms with van der Waals surface area (Å²) < 4.78 is 14.1. The molecule has 0 aromatic heterocycles. The van der Waals surface area contributed by atoms with Gasteiger partial charge in [0, 0.05) is 0 Å². The summed E-state index contributed by atoms with van der Waals surface area (Å²) in [5.41, 5.74) is 1.81. The Kier molecular flexibility index (Phi) is 3.47. The third-order valence-electron chi connectivity index (χ3n) is 3.45. The Balaban J connectivity index is 3.20. The monoisotopic (exact) mass is 222 g/mol. The summed E-state index contributed by atoms with van der Waals surface area (Å²) in [5.74, 6) is -0.0701. The van der Waals surface area contributed by atoms with Crippen LogP contribution >= 0.6 is 0 Å². The van der Waals surface area contributed by atoms with Crippen LogP contribution < -0.4 is 0 Å². The van der Waals surface area contributed by atoms with Crippen molar-refractivity contribution in [2.75, 3.05) is 0 Å². The fourth-order valence-corrected chi connectivity index (χ4v) is 1.72. The molecule has 0 spiro atoms. The van der Waals surface area contributed by atoms with Crippen LogP contribution in [0.15, 0.2) is 18.2 Å². The third kappa shape index (κ3) is 2.63. The smallest absolute Gasteiger partial charge is 0.127 e. The number of hydrogen-bond acceptors (Lipinski definition) is 0. The number of rotatable bonds is 2. The van der Waals surface area contributed by atoms with Crippen molar-refractivity contribution in [1.82, 2.24) is 0 Å². The van der Waals surface area contributed by atoms with Gasteiger partial charge in [-0.1, -0.05) is 53.7 Å². The quantitative estimate of drug-likeness (QED) is 0.673. The SMILES string of the molecule is CCC(C)(C)c1ccc(C(C)(C)C)cc1F. The van der Waals surface area contributed by atoms with Gasteiger partial charge in [0.25, 0.3) is 0 Å². The number of hydrogen-bond donors (Lipinski definition) is 0. The summed E-state index contributed by atoms with van der Waals surface area (Å²) in [4.78, 5) is 0. The van der Waals surface area contributed by atoms with Crippen LogP contribution in [0.1, 0.15) is 59.1 Å². The van der Waals surface area contributed by atoms with Gasteiger partial charge in [-0.05, 0) is 34.4 Å². The highest BCUT2D eigenvalue weighted by molar-refractivity contribution is 5.32. The van der Waals surface area contributed by atoms with Crippen LogP contribution in [-0.2, 0) is 10.8 Å². The van der Waals surface area contributed by atoms with E-state index in [-0.39, 0.29) is 16.6 Å². The Bertz CT molecular complexity index is 370. The molecule has 0 aliphatic heterocycles. The lowest BCUT2D eigenvalue weighted by atomic mass is 9.79. The van der Waals surface area contributed by atoms with Gasteiger partial charge in [0.1, 0.15) is 5.82 Å². The van der Waals surface area contributed by atoms with Crippen LogP contribution in [-0.4, -0.2) is 0 Å². The van der Waals surface area contributed by atoms with Crippen molar-refractivity contribution < 1.29 is 4.39 Å². The maximum Gasteiger partial charge on any atom is 0.127 e. The zero-order valence-electron chi connectivity index (χ0n) is 11.3. The van der Waals surface area contributed by atoms with Gasteiger partial charge in [-0.15, -0.1) is 0 Å². The molecule has 0 unspecified atom stereocenters. The highest BCUT2D eigenvalue weighted by Gasteiger charge is 2.23. The normalized spacial score (nSPS) is 12.9. The minimum absolute atomic E-state index is 0.00965. The summed E-state index contributed by atoms with van der Waals surface area (Å²) in [5, 5.41) is 0. The van der Waals surface area contributed by atoms with Gasteiger partial charge in [0.2, 0.25) is 0 Å². The van der Waals surface area contributed by atoms with E-state index >= 15 is 0 Å². The van der Waals surface area contributed by atoms with Crippen molar-refractivity contribution in [1.29, 1.82) is 0 Å². The molecule has 1 aromatic rings. The van der Waals surface area contributed by atoms with Crippen molar-refractivity contribution in [3.8, 4) is 0 Å². The van der Waals surface area contributed by atoms with E-state index in [0.29, 0.717) is 0 Å². The van der Waals surface area contributed by atoms with Gasteiger partial charge in [0.15, 0.2) is 0 Å². The molecule has 0 atom stereocenters. The van der Waals surface area contributed by atoms with E-state index in [1.54, 1.807) is 6.07 Å². The number of halogens is 1. The predicted octanol–water partition coefficient (Wildman–Crippen LogP) is 4.81. The minimum Gasteiger partial charge on any atom is -0.207 e. The molecule has 1 aromatic carbocycles. The molecule has 0 aliphatic carbocycles. The Morgan fingerprint density at radius 2 is 1.62 bits per heavy atom. The largest absolute Gasteiger partial charge is 0.207 e. The summed E-state index contributed by atoms with van der Waals surface area (Å²) in [6.07, 6.45) is 0.943. The van der Waals surface area contributed by atoms with E-state index < -0.39 is 0 Å². The summed E-state index contributed by atoms with van der Waals surface area (Å²) in [7, 11) is 0. The molecule has 0 fully saturated rings. The molecule has 0 heterocycles. The zero-order valence-corrected chi connectivity index (χ0v) is 11.3. The van der Waals surface area contributed by atoms with Crippen molar-refractivity contribution in [2.24, 2.45) is 0 Å². The average Bonchev–Trinajstić information content (AvgIpc) is 2.16. The van der Waals surface area contributed by atoms with Crippen LogP contribution in [0, 0.1) is 5.82 Å². The van der Waals surface area contributed by atoms with E-state index in [2.05, 4.69) is 47.6 Å². The second-order valence-electron chi connectivity index (χ2n) is 6.18. The van der Waals surface area contributed by atoms with Crippen molar-refractivity contribution in [3.63, 3.8) is 0 Å². The lowest BCUT2D eigenvalue weighted by Crippen LogP contribution is -2.19. The predicted molar refractivity (Wildman–Crippen MR) is 68.4 cm³/mol. The molecule has 0 N–H and O–H groups in total. The minimum atomic E-state index is -0.0828. The summed E-state index contributed by atoms with van der Waals surface area (Å²) in [6, 6.07) is 5.68. The lowest BCUT2D eigenvalue weighted by Gasteiger charge is -2.26. The molecule has 0 saturated heterocycles. The average molecular weight is 222 g/mol. The second-order valence-corrected chi connectivity index (χ2v) is 6.18. The van der Waals surface area contributed by atoms with Gasteiger partial charge in [0.05, 0.1) is 0 Å². The van der Waals surface area contributed by atoms with Gasteiger partial charge in [-0.2, -0.15) is 0 Å². The lowest BCUT2D eigenvalue weighted by molar-refractivity contribution is 0.466. The van der Waals surface area contributed by atoms with E-state index in [4.69, 9.17) is 0 Å².